The molecule has 0 amide bonds. The number of hydrogen-bond acceptors (Lipinski definition) is 2. The fourth-order valence-corrected chi connectivity index (χ4v) is 4.68. The second-order valence-corrected chi connectivity index (χ2v) is 5.48. The van der Waals surface area contributed by atoms with Crippen LogP contribution in [0.2, 0.25) is 0 Å². The minimum Gasteiger partial charge on any atom is -0.291 e. The average Bonchev–Trinajstić information content (AvgIpc) is 2.41. The molecule has 0 heterocycles. The van der Waals surface area contributed by atoms with Crippen LogP contribution in [0.25, 0.3) is 0 Å². The molecule has 0 saturated heterocycles. The third-order valence-corrected chi connectivity index (χ3v) is 5.47. The summed E-state index contributed by atoms with van der Waals surface area (Å²) in [6, 6.07) is 0. The molecular weight excluding hydrogens is 279 g/mol. The molecule has 2 aliphatic rings. The van der Waals surface area contributed by atoms with Gasteiger partial charge in [0.05, 0.1) is 5.41 Å². The van der Waals surface area contributed by atoms with Crippen molar-refractivity contribution in [3.63, 3.8) is 0 Å². The Morgan fingerprint density at radius 1 is 1.46 bits per heavy atom. The van der Waals surface area contributed by atoms with Gasteiger partial charge in [-0.25, -0.2) is 0 Å². The fraction of sp³-hybridized carbons (Fsp3) is 0.800. The molecule has 2 saturated carbocycles. The second kappa shape index (κ2) is 2.55. The molecule has 2 aliphatic carbocycles. The molecule has 0 aromatic heterocycles. The van der Waals surface area contributed by atoms with Crippen molar-refractivity contribution in [1.82, 2.24) is 0 Å². The van der Waals surface area contributed by atoms with Crippen molar-refractivity contribution in [2.24, 2.45) is 16.7 Å². The Hall–Kier alpha value is 0.0700. The summed E-state index contributed by atoms with van der Waals surface area (Å²) in [4.78, 5) is 23.4. The Morgan fingerprint density at radius 3 is 2.38 bits per heavy atom. The quantitative estimate of drug-likeness (QED) is 0.421. The Kier molecular flexibility index (Phi) is 1.89. The van der Waals surface area contributed by atoms with E-state index < -0.39 is 0 Å². The molecule has 2 atom stereocenters. The highest BCUT2D eigenvalue weighted by atomic mass is 127. The van der Waals surface area contributed by atoms with Gasteiger partial charge >= 0.3 is 0 Å². The molecule has 2 fully saturated rings. The van der Waals surface area contributed by atoms with Crippen LogP contribution in [0.1, 0.15) is 26.7 Å². The van der Waals surface area contributed by atoms with Gasteiger partial charge < -0.3 is 0 Å². The highest BCUT2D eigenvalue weighted by molar-refractivity contribution is 14.1. The van der Waals surface area contributed by atoms with Gasteiger partial charge in [0, 0.05) is 10.3 Å². The Bertz CT molecular complexity index is 295. The number of carbonyl (C=O) groups excluding carboxylic acids is 2. The first-order chi connectivity index (χ1) is 5.97. The summed E-state index contributed by atoms with van der Waals surface area (Å²) >= 11 is 2.25. The molecule has 2 bridgehead atoms. The molecule has 0 N–H and O–H groups in total. The molecule has 0 aliphatic heterocycles. The lowest BCUT2D eigenvalue weighted by Crippen LogP contribution is -2.38. The molecule has 0 aromatic carbocycles. The zero-order chi connectivity index (χ0) is 9.85. The van der Waals surface area contributed by atoms with Crippen LogP contribution in [0, 0.1) is 16.7 Å². The fourth-order valence-electron chi connectivity index (χ4n) is 2.97. The maximum absolute atomic E-state index is 11.8. The van der Waals surface area contributed by atoms with Crippen molar-refractivity contribution < 1.29 is 9.59 Å². The van der Waals surface area contributed by atoms with Gasteiger partial charge in [-0.3, -0.25) is 9.59 Å². The minimum atomic E-state index is -0.324. The summed E-state index contributed by atoms with van der Waals surface area (Å²) in [5.41, 5.74) is -0.419. The number of carbonyl (C=O) groups is 2. The van der Waals surface area contributed by atoms with Gasteiger partial charge in [-0.1, -0.05) is 36.4 Å². The molecular formula is C10H13IO2. The molecule has 2 rings (SSSR count). The number of ketones is 2. The monoisotopic (exact) mass is 292 g/mol. The predicted octanol–water partition coefficient (Wildman–Crippen LogP) is 2.00. The van der Waals surface area contributed by atoms with E-state index in [1.165, 1.54) is 0 Å². The number of hydrogen-bond donors (Lipinski definition) is 0. The number of halogens is 1. The number of Topliss-reactive ketones (excluding diaryl/α,β-unsaturated/α-hetero) is 2. The minimum absolute atomic E-state index is 0.00904. The Balaban J connectivity index is 2.56. The van der Waals surface area contributed by atoms with Crippen molar-refractivity contribution >= 4 is 34.2 Å². The second-order valence-electron chi connectivity index (χ2n) is 4.72. The van der Waals surface area contributed by atoms with Crippen LogP contribution in [-0.2, 0) is 9.59 Å². The summed E-state index contributed by atoms with van der Waals surface area (Å²) in [6.07, 6.45) is 1.83. The van der Waals surface area contributed by atoms with E-state index in [9.17, 15) is 9.59 Å². The molecule has 2 nitrogen and oxygen atoms in total. The lowest BCUT2D eigenvalue weighted by atomic mass is 9.70. The van der Waals surface area contributed by atoms with Crippen molar-refractivity contribution in [2.75, 3.05) is 4.43 Å². The third kappa shape index (κ3) is 0.845. The van der Waals surface area contributed by atoms with Crippen molar-refractivity contribution in [3.05, 3.63) is 0 Å². The zero-order valence-corrected chi connectivity index (χ0v) is 10.1. The molecule has 0 aromatic rings. The first kappa shape index (κ1) is 9.62. The summed E-state index contributed by atoms with van der Waals surface area (Å²) in [5.74, 6) is -0.189. The van der Waals surface area contributed by atoms with E-state index in [0.29, 0.717) is 0 Å². The first-order valence-corrected chi connectivity index (χ1v) is 6.14. The van der Waals surface area contributed by atoms with E-state index in [4.69, 9.17) is 0 Å². The van der Waals surface area contributed by atoms with E-state index in [1.54, 1.807) is 0 Å². The van der Waals surface area contributed by atoms with Crippen LogP contribution in [-0.4, -0.2) is 16.0 Å². The van der Waals surface area contributed by atoms with E-state index in [0.717, 1.165) is 17.3 Å². The Morgan fingerprint density at radius 2 is 2.08 bits per heavy atom. The van der Waals surface area contributed by atoms with Crippen LogP contribution >= 0.6 is 22.6 Å². The smallest absolute Gasteiger partial charge is 0.206 e. The normalized spacial score (nSPS) is 41.6. The van der Waals surface area contributed by atoms with Crippen molar-refractivity contribution in [3.8, 4) is 0 Å². The number of rotatable bonds is 1. The Labute approximate surface area is 91.6 Å². The zero-order valence-electron chi connectivity index (χ0n) is 7.89. The van der Waals surface area contributed by atoms with Crippen LogP contribution in [0.3, 0.4) is 0 Å². The standard InChI is InChI=1S/C10H13IO2/c1-9(2)6-3-4-10(9,5-11)8(13)7(6)12/h6H,3-5H2,1-2H3. The molecule has 3 heteroatoms. The lowest BCUT2D eigenvalue weighted by molar-refractivity contribution is -0.141. The summed E-state index contributed by atoms with van der Waals surface area (Å²) in [6.45, 7) is 4.15. The maximum Gasteiger partial charge on any atom is 0.206 e. The van der Waals surface area contributed by atoms with Crippen LogP contribution in [0.4, 0.5) is 0 Å². The summed E-state index contributed by atoms with van der Waals surface area (Å²) < 4.78 is 0.791. The number of alkyl halides is 1. The van der Waals surface area contributed by atoms with E-state index >= 15 is 0 Å². The van der Waals surface area contributed by atoms with Crippen molar-refractivity contribution in [1.29, 1.82) is 0 Å². The SMILES string of the molecule is CC1(C)C2CCC1(CI)C(=O)C2=O. The molecule has 0 spiro atoms. The predicted molar refractivity (Wildman–Crippen MR) is 57.8 cm³/mol. The molecule has 13 heavy (non-hydrogen) atoms. The highest BCUT2D eigenvalue weighted by Gasteiger charge is 2.68. The summed E-state index contributed by atoms with van der Waals surface area (Å²) in [7, 11) is 0. The largest absolute Gasteiger partial charge is 0.291 e. The van der Waals surface area contributed by atoms with Crippen LogP contribution < -0.4 is 0 Å². The molecule has 0 radical (unpaired) electrons. The number of fused-ring (bicyclic) bond motifs is 2. The molecule has 72 valence electrons. The lowest BCUT2D eigenvalue weighted by Gasteiger charge is -2.33. The van der Waals surface area contributed by atoms with Crippen molar-refractivity contribution in [2.45, 2.75) is 26.7 Å². The maximum atomic E-state index is 11.8. The highest BCUT2D eigenvalue weighted by Crippen LogP contribution is 2.62. The van der Waals surface area contributed by atoms with Gasteiger partial charge in [0.25, 0.3) is 0 Å². The average molecular weight is 292 g/mol. The van der Waals surface area contributed by atoms with E-state index in [1.807, 2.05) is 0 Å². The first-order valence-electron chi connectivity index (χ1n) is 4.62. The van der Waals surface area contributed by atoms with Gasteiger partial charge in [0.15, 0.2) is 0 Å². The van der Waals surface area contributed by atoms with Crippen LogP contribution in [0.5, 0.6) is 0 Å². The van der Waals surface area contributed by atoms with Gasteiger partial charge in [-0.15, -0.1) is 0 Å². The van der Waals surface area contributed by atoms with Gasteiger partial charge in [-0.2, -0.15) is 0 Å². The van der Waals surface area contributed by atoms with Crippen LogP contribution in [0.15, 0.2) is 0 Å². The van der Waals surface area contributed by atoms with Gasteiger partial charge in [0.2, 0.25) is 11.6 Å². The topological polar surface area (TPSA) is 34.1 Å². The van der Waals surface area contributed by atoms with Gasteiger partial charge in [-0.05, 0) is 18.3 Å². The molecule has 2 unspecified atom stereocenters. The van der Waals surface area contributed by atoms with Gasteiger partial charge in [0.1, 0.15) is 0 Å². The summed E-state index contributed by atoms with van der Waals surface area (Å²) in [5, 5.41) is 0. The third-order valence-electron chi connectivity index (χ3n) is 4.17. The van der Waals surface area contributed by atoms with E-state index in [2.05, 4.69) is 36.4 Å². The van der Waals surface area contributed by atoms with E-state index in [-0.39, 0.29) is 28.3 Å².